The van der Waals surface area contributed by atoms with Crippen LogP contribution in [-0.2, 0) is 6.54 Å². The maximum absolute atomic E-state index is 9.30. The molecule has 1 aliphatic rings. The van der Waals surface area contributed by atoms with Crippen LogP contribution in [0.15, 0.2) is 54.6 Å². The molecular weight excluding hydrogens is 250 g/mol. The van der Waals surface area contributed by atoms with E-state index in [9.17, 15) is 5.11 Å². The highest BCUT2D eigenvalue weighted by molar-refractivity contribution is 5.34. The van der Waals surface area contributed by atoms with Gasteiger partial charge in [-0.15, -0.1) is 0 Å². The molecule has 0 heterocycles. The lowest BCUT2D eigenvalue weighted by Gasteiger charge is -2.14. The van der Waals surface area contributed by atoms with E-state index < -0.39 is 0 Å². The normalized spacial score (nSPS) is 15.8. The molecular formula is C17H19NO2. The summed E-state index contributed by atoms with van der Waals surface area (Å²) >= 11 is 0. The molecule has 104 valence electrons. The van der Waals surface area contributed by atoms with Crippen LogP contribution in [0.3, 0.4) is 0 Å². The summed E-state index contributed by atoms with van der Waals surface area (Å²) in [5, 5.41) is 12.7. The largest absolute Gasteiger partial charge is 0.457 e. The van der Waals surface area contributed by atoms with Crippen LogP contribution in [0.4, 0.5) is 0 Å². The number of para-hydroxylation sites is 1. The number of rotatable bonds is 6. The van der Waals surface area contributed by atoms with Crippen molar-refractivity contribution >= 4 is 0 Å². The van der Waals surface area contributed by atoms with Crippen LogP contribution >= 0.6 is 0 Å². The molecule has 0 spiro atoms. The van der Waals surface area contributed by atoms with Gasteiger partial charge in [0.05, 0.1) is 6.61 Å². The van der Waals surface area contributed by atoms with Gasteiger partial charge in [0.1, 0.15) is 11.5 Å². The van der Waals surface area contributed by atoms with Crippen molar-refractivity contribution < 1.29 is 9.84 Å². The fourth-order valence-corrected chi connectivity index (χ4v) is 2.17. The third kappa shape index (κ3) is 3.18. The van der Waals surface area contributed by atoms with Crippen LogP contribution in [0.5, 0.6) is 11.5 Å². The molecule has 3 rings (SSSR count). The Kier molecular flexibility index (Phi) is 3.72. The predicted octanol–water partition coefficient (Wildman–Crippen LogP) is 3.09. The van der Waals surface area contributed by atoms with E-state index in [0.29, 0.717) is 0 Å². The number of aliphatic hydroxyl groups excluding tert-OH is 1. The van der Waals surface area contributed by atoms with Crippen molar-refractivity contribution in [2.24, 2.45) is 0 Å². The Bertz CT molecular complexity index is 564. The van der Waals surface area contributed by atoms with Gasteiger partial charge in [-0.1, -0.05) is 30.3 Å². The minimum Gasteiger partial charge on any atom is -0.457 e. The summed E-state index contributed by atoms with van der Waals surface area (Å²) in [5.74, 6) is 1.68. The molecule has 0 amide bonds. The molecule has 2 aromatic carbocycles. The van der Waals surface area contributed by atoms with Gasteiger partial charge in [0.25, 0.3) is 0 Å². The number of hydrogen-bond acceptors (Lipinski definition) is 3. The Hall–Kier alpha value is -1.84. The van der Waals surface area contributed by atoms with Crippen LogP contribution in [0, 0.1) is 0 Å². The van der Waals surface area contributed by atoms with Crippen molar-refractivity contribution in [3.8, 4) is 11.5 Å². The topological polar surface area (TPSA) is 41.5 Å². The van der Waals surface area contributed by atoms with Gasteiger partial charge in [-0.05, 0) is 42.7 Å². The average Bonchev–Trinajstić information content (AvgIpc) is 3.27. The average molecular weight is 269 g/mol. The first kappa shape index (κ1) is 13.2. The molecule has 2 N–H and O–H groups in total. The number of benzene rings is 2. The Morgan fingerprint density at radius 2 is 1.75 bits per heavy atom. The molecule has 0 radical (unpaired) electrons. The zero-order valence-corrected chi connectivity index (χ0v) is 11.4. The quantitative estimate of drug-likeness (QED) is 0.846. The lowest BCUT2D eigenvalue weighted by atomic mass is 10.2. The van der Waals surface area contributed by atoms with Gasteiger partial charge in [-0.3, -0.25) is 0 Å². The van der Waals surface area contributed by atoms with E-state index in [0.717, 1.165) is 36.4 Å². The second-order valence-corrected chi connectivity index (χ2v) is 5.35. The Balaban J connectivity index is 1.64. The van der Waals surface area contributed by atoms with Crippen LogP contribution in [-0.4, -0.2) is 17.3 Å². The Morgan fingerprint density at radius 3 is 2.45 bits per heavy atom. The third-order valence-electron chi connectivity index (χ3n) is 3.70. The van der Waals surface area contributed by atoms with Gasteiger partial charge in [0.15, 0.2) is 0 Å². The fourth-order valence-electron chi connectivity index (χ4n) is 2.17. The van der Waals surface area contributed by atoms with Crippen LogP contribution in [0.1, 0.15) is 18.4 Å². The molecule has 20 heavy (non-hydrogen) atoms. The van der Waals surface area contributed by atoms with Gasteiger partial charge >= 0.3 is 0 Å². The lowest BCUT2D eigenvalue weighted by Crippen LogP contribution is -2.34. The van der Waals surface area contributed by atoms with Crippen LogP contribution < -0.4 is 10.1 Å². The van der Waals surface area contributed by atoms with Crippen LogP contribution in [0.2, 0.25) is 0 Å². The molecule has 2 aromatic rings. The van der Waals surface area contributed by atoms with Gasteiger partial charge in [0, 0.05) is 12.1 Å². The van der Waals surface area contributed by atoms with Gasteiger partial charge < -0.3 is 15.2 Å². The van der Waals surface area contributed by atoms with E-state index in [4.69, 9.17) is 4.74 Å². The van der Waals surface area contributed by atoms with Crippen molar-refractivity contribution in [3.63, 3.8) is 0 Å². The van der Waals surface area contributed by atoms with Crippen molar-refractivity contribution in [3.05, 3.63) is 60.2 Å². The Labute approximate surface area is 119 Å². The van der Waals surface area contributed by atoms with Gasteiger partial charge in [-0.2, -0.15) is 0 Å². The first-order valence-electron chi connectivity index (χ1n) is 6.97. The molecule has 1 aliphatic carbocycles. The van der Waals surface area contributed by atoms with E-state index in [-0.39, 0.29) is 12.1 Å². The standard InChI is InChI=1S/C17H19NO2/c19-13-17(9-10-17)18-12-14-5-4-8-16(11-14)20-15-6-2-1-3-7-15/h1-8,11,18-19H,9-10,12-13H2. The third-order valence-corrected chi connectivity index (χ3v) is 3.70. The molecule has 0 saturated heterocycles. The summed E-state index contributed by atoms with van der Waals surface area (Å²) in [5.41, 5.74) is 1.13. The SMILES string of the molecule is OCC1(NCc2cccc(Oc3ccccc3)c2)CC1. The molecule has 3 heteroatoms. The summed E-state index contributed by atoms with van der Waals surface area (Å²) in [7, 11) is 0. The molecule has 0 unspecified atom stereocenters. The summed E-state index contributed by atoms with van der Waals surface area (Å²) in [4.78, 5) is 0. The molecule has 0 atom stereocenters. The summed E-state index contributed by atoms with van der Waals surface area (Å²) in [6.07, 6.45) is 2.12. The summed E-state index contributed by atoms with van der Waals surface area (Å²) in [6.45, 7) is 0.972. The zero-order valence-electron chi connectivity index (χ0n) is 11.4. The molecule has 1 fully saturated rings. The summed E-state index contributed by atoms with van der Waals surface area (Å²) in [6, 6.07) is 17.8. The smallest absolute Gasteiger partial charge is 0.127 e. The van der Waals surface area contributed by atoms with Gasteiger partial charge in [-0.25, -0.2) is 0 Å². The van der Waals surface area contributed by atoms with E-state index >= 15 is 0 Å². The molecule has 1 saturated carbocycles. The van der Waals surface area contributed by atoms with Crippen molar-refractivity contribution in [1.29, 1.82) is 0 Å². The highest BCUT2D eigenvalue weighted by Gasteiger charge is 2.41. The van der Waals surface area contributed by atoms with E-state index in [1.54, 1.807) is 0 Å². The molecule has 0 aliphatic heterocycles. The second kappa shape index (κ2) is 5.65. The number of aliphatic hydroxyl groups is 1. The first-order valence-corrected chi connectivity index (χ1v) is 6.97. The fraction of sp³-hybridized carbons (Fsp3) is 0.294. The lowest BCUT2D eigenvalue weighted by molar-refractivity contribution is 0.229. The monoisotopic (exact) mass is 269 g/mol. The second-order valence-electron chi connectivity index (χ2n) is 5.35. The van der Waals surface area contributed by atoms with Gasteiger partial charge in [0.2, 0.25) is 0 Å². The van der Waals surface area contributed by atoms with E-state index in [2.05, 4.69) is 11.4 Å². The zero-order chi connectivity index (χ0) is 13.8. The Morgan fingerprint density at radius 1 is 1.00 bits per heavy atom. The number of nitrogens with one attached hydrogen (secondary N) is 1. The summed E-state index contributed by atoms with van der Waals surface area (Å²) < 4.78 is 5.82. The highest BCUT2D eigenvalue weighted by Crippen LogP contribution is 2.35. The van der Waals surface area contributed by atoms with Crippen LogP contribution in [0.25, 0.3) is 0 Å². The predicted molar refractivity (Wildman–Crippen MR) is 78.8 cm³/mol. The minimum absolute atomic E-state index is 0.0315. The van der Waals surface area contributed by atoms with E-state index in [1.807, 2.05) is 48.5 Å². The molecule has 3 nitrogen and oxygen atoms in total. The molecule has 0 aromatic heterocycles. The first-order chi connectivity index (χ1) is 9.80. The van der Waals surface area contributed by atoms with Crippen molar-refractivity contribution in [2.45, 2.75) is 24.9 Å². The highest BCUT2D eigenvalue weighted by atomic mass is 16.5. The minimum atomic E-state index is -0.0315. The number of ether oxygens (including phenoxy) is 1. The van der Waals surface area contributed by atoms with E-state index in [1.165, 1.54) is 0 Å². The maximum atomic E-state index is 9.30. The van der Waals surface area contributed by atoms with Crippen molar-refractivity contribution in [1.82, 2.24) is 5.32 Å². The maximum Gasteiger partial charge on any atom is 0.127 e. The number of hydrogen-bond donors (Lipinski definition) is 2. The van der Waals surface area contributed by atoms with Crippen molar-refractivity contribution in [2.75, 3.05) is 6.61 Å². The molecule has 0 bridgehead atoms.